The number of amides is 1. The fourth-order valence-corrected chi connectivity index (χ4v) is 3.03. The quantitative estimate of drug-likeness (QED) is 0.655. The highest BCUT2D eigenvalue weighted by atomic mass is 32.2. The number of hydrogen-bond donors (Lipinski definition) is 1. The van der Waals surface area contributed by atoms with Crippen LogP contribution in [0, 0.1) is 0 Å². The average molecular weight is 308 g/mol. The van der Waals surface area contributed by atoms with E-state index in [1.165, 1.54) is 12.1 Å². The summed E-state index contributed by atoms with van der Waals surface area (Å²) in [5, 5.41) is 19.9. The van der Waals surface area contributed by atoms with Gasteiger partial charge in [0.25, 0.3) is 5.91 Å². The number of hydrogen-bond acceptors (Lipinski definition) is 6. The molecule has 0 unspecified atom stereocenters. The van der Waals surface area contributed by atoms with Crippen molar-refractivity contribution in [3.63, 3.8) is 0 Å². The number of carbonyl (C=O) groups excluding carboxylic acids is 2. The van der Waals surface area contributed by atoms with Gasteiger partial charge < -0.3 is 15.0 Å². The number of nitrogens with zero attached hydrogens (tertiary/aromatic N) is 1. The lowest BCUT2D eigenvalue weighted by atomic mass is 10.1. The standard InChI is InChI=1S/C13H11NO4S2/c1-7(8-2-4-9(15)5-3-8)11-12(18)14(6-10(16)17)13(19)20-11/h2-5,15H,6H2,1H3,(H,16,17)/p-1/b11-7+. The number of rotatable bonds is 3. The van der Waals surface area contributed by atoms with Crippen molar-refractivity contribution in [3.8, 4) is 5.75 Å². The van der Waals surface area contributed by atoms with Gasteiger partial charge in [-0.3, -0.25) is 9.69 Å². The summed E-state index contributed by atoms with van der Waals surface area (Å²) in [6.07, 6.45) is 0. The number of phenols is 1. The highest BCUT2D eigenvalue weighted by Gasteiger charge is 2.33. The number of thiocarbonyl (C=S) groups is 1. The third kappa shape index (κ3) is 2.83. The molecule has 7 heteroatoms. The van der Waals surface area contributed by atoms with Crippen LogP contribution in [0.2, 0.25) is 0 Å². The van der Waals surface area contributed by atoms with Crippen molar-refractivity contribution < 1.29 is 19.8 Å². The van der Waals surface area contributed by atoms with Crippen molar-refractivity contribution in [1.29, 1.82) is 0 Å². The molecule has 0 aromatic heterocycles. The van der Waals surface area contributed by atoms with E-state index >= 15 is 0 Å². The topological polar surface area (TPSA) is 80.7 Å². The van der Waals surface area contributed by atoms with Crippen LogP contribution in [0.3, 0.4) is 0 Å². The van der Waals surface area contributed by atoms with E-state index in [9.17, 15) is 19.8 Å². The molecule has 0 bridgehead atoms. The molecule has 1 heterocycles. The first-order valence-corrected chi connectivity index (χ1v) is 6.86. The van der Waals surface area contributed by atoms with E-state index < -0.39 is 18.4 Å². The Morgan fingerprint density at radius 2 is 2.00 bits per heavy atom. The number of phenolic OH excluding ortho intramolecular Hbond substituents is 1. The molecule has 1 saturated heterocycles. The van der Waals surface area contributed by atoms with Crippen molar-refractivity contribution in [2.45, 2.75) is 6.92 Å². The minimum absolute atomic E-state index is 0.131. The molecule has 0 spiro atoms. The molecule has 104 valence electrons. The van der Waals surface area contributed by atoms with Gasteiger partial charge in [-0.1, -0.05) is 36.1 Å². The fraction of sp³-hybridized carbons (Fsp3) is 0.154. The van der Waals surface area contributed by atoms with Gasteiger partial charge in [0, 0.05) is 0 Å². The van der Waals surface area contributed by atoms with Crippen LogP contribution < -0.4 is 5.11 Å². The molecule has 1 amide bonds. The van der Waals surface area contributed by atoms with Crippen molar-refractivity contribution >= 4 is 45.7 Å². The molecule has 5 nitrogen and oxygen atoms in total. The molecule has 0 atom stereocenters. The van der Waals surface area contributed by atoms with E-state index in [-0.39, 0.29) is 10.1 Å². The highest BCUT2D eigenvalue weighted by Crippen LogP contribution is 2.36. The molecule has 0 saturated carbocycles. The van der Waals surface area contributed by atoms with Crippen LogP contribution >= 0.6 is 24.0 Å². The van der Waals surface area contributed by atoms with Gasteiger partial charge in [-0.2, -0.15) is 0 Å². The van der Waals surface area contributed by atoms with Gasteiger partial charge in [0.1, 0.15) is 10.1 Å². The predicted molar refractivity (Wildman–Crippen MR) is 77.6 cm³/mol. The second-order valence-electron chi connectivity index (χ2n) is 4.13. The molecule has 1 N–H and O–H groups in total. The van der Waals surface area contributed by atoms with Gasteiger partial charge >= 0.3 is 0 Å². The summed E-state index contributed by atoms with van der Waals surface area (Å²) in [6.45, 7) is 1.20. The molecule has 1 aromatic rings. The fourth-order valence-electron chi connectivity index (χ4n) is 1.74. The maximum absolute atomic E-state index is 12.2. The lowest BCUT2D eigenvalue weighted by Crippen LogP contribution is -2.40. The molecular weight excluding hydrogens is 298 g/mol. The third-order valence-corrected chi connectivity index (χ3v) is 4.33. The van der Waals surface area contributed by atoms with Crippen molar-refractivity contribution in [2.75, 3.05) is 6.54 Å². The summed E-state index contributed by atoms with van der Waals surface area (Å²) in [7, 11) is 0. The lowest BCUT2D eigenvalue weighted by molar-refractivity contribution is -0.305. The van der Waals surface area contributed by atoms with E-state index in [4.69, 9.17) is 12.2 Å². The molecule has 1 fully saturated rings. The Morgan fingerprint density at radius 3 is 2.55 bits per heavy atom. The largest absolute Gasteiger partial charge is 0.548 e. The molecule has 0 aliphatic carbocycles. The Bertz CT molecular complexity index is 622. The summed E-state index contributed by atoms with van der Waals surface area (Å²) in [4.78, 5) is 24.2. The Labute approximate surface area is 124 Å². The van der Waals surface area contributed by atoms with Crippen LogP contribution in [0.15, 0.2) is 29.2 Å². The third-order valence-electron chi connectivity index (χ3n) is 2.78. The smallest absolute Gasteiger partial charge is 0.266 e. The number of aromatic hydroxyl groups is 1. The first-order valence-electron chi connectivity index (χ1n) is 5.64. The maximum atomic E-state index is 12.2. The van der Waals surface area contributed by atoms with Crippen molar-refractivity contribution in [1.82, 2.24) is 4.90 Å². The molecule has 1 aromatic carbocycles. The number of carboxylic acid groups (broad SMARTS) is 1. The van der Waals surface area contributed by atoms with Gasteiger partial charge in [0.2, 0.25) is 0 Å². The SMILES string of the molecule is C/C(=C1\SC(=S)N(CC(=O)[O-])C1=O)c1ccc(O)cc1. The van der Waals surface area contributed by atoms with E-state index in [2.05, 4.69) is 0 Å². The molecule has 0 radical (unpaired) electrons. The summed E-state index contributed by atoms with van der Waals surface area (Å²) in [5.41, 5.74) is 1.44. The normalized spacial score (nSPS) is 17.6. The Hall–Kier alpha value is -1.86. The summed E-state index contributed by atoms with van der Waals surface area (Å²) in [5.74, 6) is -1.66. The number of allylic oxidation sites excluding steroid dienone is 1. The lowest BCUT2D eigenvalue weighted by Gasteiger charge is -2.14. The van der Waals surface area contributed by atoms with Crippen molar-refractivity contribution in [3.05, 3.63) is 34.7 Å². The summed E-state index contributed by atoms with van der Waals surface area (Å²) < 4.78 is 0.201. The molecule has 2 rings (SSSR count). The molecular formula is C13H10NO4S2-. The molecule has 1 aliphatic heterocycles. The number of aliphatic carboxylic acids is 1. The monoisotopic (exact) mass is 308 g/mol. The maximum Gasteiger partial charge on any atom is 0.266 e. The minimum Gasteiger partial charge on any atom is -0.548 e. The summed E-state index contributed by atoms with van der Waals surface area (Å²) in [6, 6.07) is 6.38. The van der Waals surface area contributed by atoms with Crippen LogP contribution in [0.5, 0.6) is 5.75 Å². The number of thioether (sulfide) groups is 1. The Kier molecular flexibility index (Phi) is 4.10. The van der Waals surface area contributed by atoms with Crippen LogP contribution in [0.1, 0.15) is 12.5 Å². The van der Waals surface area contributed by atoms with Gasteiger partial charge in [0.05, 0.1) is 17.4 Å². The first kappa shape index (κ1) is 14.5. The van der Waals surface area contributed by atoms with Gasteiger partial charge in [-0.15, -0.1) is 0 Å². The number of benzene rings is 1. The van der Waals surface area contributed by atoms with Crippen LogP contribution in [0.25, 0.3) is 5.57 Å². The number of carbonyl (C=O) groups is 2. The zero-order chi connectivity index (χ0) is 14.9. The first-order chi connectivity index (χ1) is 9.40. The molecule has 20 heavy (non-hydrogen) atoms. The predicted octanol–water partition coefficient (Wildman–Crippen LogP) is 0.733. The summed E-state index contributed by atoms with van der Waals surface area (Å²) >= 11 is 6.07. The van der Waals surface area contributed by atoms with Crippen LogP contribution in [0.4, 0.5) is 0 Å². The minimum atomic E-state index is -1.36. The van der Waals surface area contributed by atoms with E-state index in [1.54, 1.807) is 19.1 Å². The highest BCUT2D eigenvalue weighted by molar-refractivity contribution is 8.26. The van der Waals surface area contributed by atoms with E-state index in [1.807, 2.05) is 0 Å². The van der Waals surface area contributed by atoms with E-state index in [0.29, 0.717) is 10.5 Å². The van der Waals surface area contributed by atoms with Crippen LogP contribution in [-0.2, 0) is 9.59 Å². The average Bonchev–Trinajstić information content (AvgIpc) is 2.66. The van der Waals surface area contributed by atoms with Crippen LogP contribution in [-0.4, -0.2) is 32.7 Å². The second kappa shape index (κ2) is 5.64. The molecule has 1 aliphatic rings. The Balaban J connectivity index is 2.35. The van der Waals surface area contributed by atoms with Gasteiger partial charge in [-0.05, 0) is 30.2 Å². The van der Waals surface area contributed by atoms with E-state index in [0.717, 1.165) is 22.2 Å². The van der Waals surface area contributed by atoms with Crippen molar-refractivity contribution in [2.24, 2.45) is 0 Å². The van der Waals surface area contributed by atoms with Gasteiger partial charge in [0.15, 0.2) is 0 Å². The zero-order valence-electron chi connectivity index (χ0n) is 10.5. The second-order valence-corrected chi connectivity index (χ2v) is 5.78. The van der Waals surface area contributed by atoms with Gasteiger partial charge in [-0.25, -0.2) is 0 Å². The zero-order valence-corrected chi connectivity index (χ0v) is 12.1. The Morgan fingerprint density at radius 1 is 1.40 bits per heavy atom. The number of carboxylic acids is 1.